The molecule has 0 aliphatic carbocycles. The molecule has 1 N–H and O–H groups in total. The molecule has 0 bridgehead atoms. The van der Waals surface area contributed by atoms with Crippen molar-refractivity contribution in [2.75, 3.05) is 19.8 Å². The van der Waals surface area contributed by atoms with Gasteiger partial charge >= 0.3 is 0 Å². The third kappa shape index (κ3) is 5.44. The number of tetrazole rings is 1. The van der Waals surface area contributed by atoms with E-state index in [0.717, 1.165) is 19.8 Å². The van der Waals surface area contributed by atoms with Gasteiger partial charge in [-0.1, -0.05) is 13.8 Å². The van der Waals surface area contributed by atoms with Gasteiger partial charge in [0.2, 0.25) is 0 Å². The molecule has 0 saturated carbocycles. The van der Waals surface area contributed by atoms with Crippen LogP contribution in [-0.2, 0) is 18.3 Å². The topological polar surface area (TPSA) is 64.9 Å². The van der Waals surface area contributed by atoms with Gasteiger partial charge in [0.25, 0.3) is 0 Å². The second-order valence-electron chi connectivity index (χ2n) is 3.84. The molecule has 0 saturated heterocycles. The van der Waals surface area contributed by atoms with Crippen molar-refractivity contribution in [3.05, 3.63) is 5.82 Å². The Morgan fingerprint density at radius 2 is 2.27 bits per heavy atom. The zero-order valence-corrected chi connectivity index (χ0v) is 9.60. The van der Waals surface area contributed by atoms with Crippen molar-refractivity contribution in [3.8, 4) is 0 Å². The first-order valence-corrected chi connectivity index (χ1v) is 5.20. The predicted octanol–water partition coefficient (Wildman–Crippen LogP) is -0.0277. The normalized spacial score (nSPS) is 11.2. The summed E-state index contributed by atoms with van der Waals surface area (Å²) in [4.78, 5) is 1.45. The number of nitrogens with one attached hydrogen (secondary N) is 1. The van der Waals surface area contributed by atoms with E-state index in [9.17, 15) is 0 Å². The van der Waals surface area contributed by atoms with Crippen LogP contribution >= 0.6 is 0 Å². The van der Waals surface area contributed by atoms with Crippen molar-refractivity contribution in [2.24, 2.45) is 13.0 Å². The van der Waals surface area contributed by atoms with Crippen LogP contribution in [0.3, 0.4) is 0 Å². The molecule has 0 aliphatic heterocycles. The van der Waals surface area contributed by atoms with Gasteiger partial charge in [-0.15, -0.1) is 10.2 Å². The van der Waals surface area contributed by atoms with E-state index in [4.69, 9.17) is 4.74 Å². The van der Waals surface area contributed by atoms with Gasteiger partial charge in [-0.25, -0.2) is 0 Å². The summed E-state index contributed by atoms with van der Waals surface area (Å²) >= 11 is 0. The van der Waals surface area contributed by atoms with Crippen LogP contribution in [0.5, 0.6) is 0 Å². The Morgan fingerprint density at radius 1 is 1.47 bits per heavy atom. The molecule has 0 radical (unpaired) electrons. The Hall–Kier alpha value is -1.01. The lowest BCUT2D eigenvalue weighted by Gasteiger charge is -2.06. The molecule has 15 heavy (non-hydrogen) atoms. The third-order valence-corrected chi connectivity index (χ3v) is 1.71. The summed E-state index contributed by atoms with van der Waals surface area (Å²) in [6, 6.07) is 0. The fourth-order valence-corrected chi connectivity index (χ4v) is 1.06. The van der Waals surface area contributed by atoms with Crippen LogP contribution in [0.15, 0.2) is 0 Å². The molecule has 0 unspecified atom stereocenters. The number of ether oxygens (including phenoxy) is 1. The minimum atomic E-state index is 0.589. The van der Waals surface area contributed by atoms with Crippen LogP contribution in [0.4, 0.5) is 0 Å². The zero-order valence-electron chi connectivity index (χ0n) is 9.60. The summed E-state index contributed by atoms with van der Waals surface area (Å²) < 4.78 is 5.41. The van der Waals surface area contributed by atoms with Gasteiger partial charge < -0.3 is 10.1 Å². The maximum atomic E-state index is 5.41. The van der Waals surface area contributed by atoms with Crippen molar-refractivity contribution >= 4 is 0 Å². The summed E-state index contributed by atoms with van der Waals surface area (Å²) in [6.07, 6.45) is 0. The molecule has 1 aromatic rings. The Kier molecular flexibility index (Phi) is 5.20. The van der Waals surface area contributed by atoms with E-state index in [2.05, 4.69) is 34.6 Å². The number of nitrogens with zero attached hydrogens (tertiary/aromatic N) is 4. The molecule has 0 aliphatic rings. The van der Waals surface area contributed by atoms with Gasteiger partial charge in [0.15, 0.2) is 5.82 Å². The third-order valence-electron chi connectivity index (χ3n) is 1.71. The number of rotatable bonds is 7. The molecule has 6 heteroatoms. The van der Waals surface area contributed by atoms with Gasteiger partial charge in [0, 0.05) is 13.2 Å². The van der Waals surface area contributed by atoms with Crippen LogP contribution in [0.1, 0.15) is 19.7 Å². The average Bonchev–Trinajstić information content (AvgIpc) is 2.57. The van der Waals surface area contributed by atoms with Gasteiger partial charge in [-0.05, 0) is 11.1 Å². The number of aryl methyl sites for hydroxylation is 1. The quantitative estimate of drug-likeness (QED) is 0.644. The number of aromatic nitrogens is 4. The lowest BCUT2D eigenvalue weighted by atomic mass is 10.2. The molecule has 1 heterocycles. The molecule has 0 amide bonds. The number of hydrogen-bond acceptors (Lipinski definition) is 5. The first-order chi connectivity index (χ1) is 7.18. The largest absolute Gasteiger partial charge is 0.380 e. The monoisotopic (exact) mass is 213 g/mol. The Balaban J connectivity index is 1.98. The zero-order chi connectivity index (χ0) is 11.1. The second-order valence-corrected chi connectivity index (χ2v) is 3.84. The van der Waals surface area contributed by atoms with Gasteiger partial charge in [0.1, 0.15) is 0 Å². The molecule has 0 fully saturated rings. The highest BCUT2D eigenvalue weighted by Gasteiger charge is 1.98. The van der Waals surface area contributed by atoms with Gasteiger partial charge in [0.05, 0.1) is 20.2 Å². The van der Waals surface area contributed by atoms with Crippen LogP contribution in [-0.4, -0.2) is 40.0 Å². The molecule has 0 aromatic carbocycles. The maximum absolute atomic E-state index is 5.41. The van der Waals surface area contributed by atoms with Gasteiger partial charge in [-0.3, -0.25) is 0 Å². The maximum Gasteiger partial charge on any atom is 0.188 e. The highest BCUT2D eigenvalue weighted by Crippen LogP contribution is 1.91. The first-order valence-electron chi connectivity index (χ1n) is 5.20. The standard InChI is InChI=1S/C9H19N5O/c1-8(2)7-15-5-4-10-6-9-11-13-14(3)12-9/h8,10H,4-7H2,1-3H3. The molecule has 0 atom stereocenters. The van der Waals surface area contributed by atoms with E-state index >= 15 is 0 Å². The lowest BCUT2D eigenvalue weighted by Crippen LogP contribution is -2.21. The van der Waals surface area contributed by atoms with E-state index in [1.165, 1.54) is 4.80 Å². The summed E-state index contributed by atoms with van der Waals surface area (Å²) in [5.41, 5.74) is 0. The SMILES string of the molecule is CC(C)COCCNCc1nnn(C)n1. The summed E-state index contributed by atoms with van der Waals surface area (Å²) in [5.74, 6) is 1.30. The van der Waals surface area contributed by atoms with E-state index in [1.54, 1.807) is 7.05 Å². The minimum Gasteiger partial charge on any atom is -0.380 e. The smallest absolute Gasteiger partial charge is 0.188 e. The molecular formula is C9H19N5O. The van der Waals surface area contributed by atoms with Crippen LogP contribution < -0.4 is 5.32 Å². The highest BCUT2D eigenvalue weighted by molar-refractivity contribution is 4.74. The van der Waals surface area contributed by atoms with Crippen LogP contribution in [0.25, 0.3) is 0 Å². The van der Waals surface area contributed by atoms with Crippen molar-refractivity contribution in [1.29, 1.82) is 0 Å². The van der Waals surface area contributed by atoms with E-state index in [0.29, 0.717) is 18.3 Å². The average molecular weight is 213 g/mol. The van der Waals surface area contributed by atoms with Crippen LogP contribution in [0.2, 0.25) is 0 Å². The molecule has 6 nitrogen and oxygen atoms in total. The fraction of sp³-hybridized carbons (Fsp3) is 0.889. The predicted molar refractivity (Wildman–Crippen MR) is 56.2 cm³/mol. The van der Waals surface area contributed by atoms with Crippen molar-refractivity contribution in [1.82, 2.24) is 25.5 Å². The molecule has 0 spiro atoms. The molecule has 1 aromatic heterocycles. The minimum absolute atomic E-state index is 0.589. The first kappa shape index (κ1) is 12.1. The van der Waals surface area contributed by atoms with Crippen LogP contribution in [0, 0.1) is 5.92 Å². The molecule has 1 rings (SSSR count). The lowest BCUT2D eigenvalue weighted by molar-refractivity contribution is 0.111. The number of hydrogen-bond donors (Lipinski definition) is 1. The second kappa shape index (κ2) is 6.47. The van der Waals surface area contributed by atoms with E-state index in [-0.39, 0.29) is 0 Å². The fourth-order valence-electron chi connectivity index (χ4n) is 1.06. The highest BCUT2D eigenvalue weighted by atomic mass is 16.5. The van der Waals surface area contributed by atoms with Gasteiger partial charge in [-0.2, -0.15) is 4.80 Å². The summed E-state index contributed by atoms with van der Waals surface area (Å²) in [7, 11) is 1.75. The van der Waals surface area contributed by atoms with Crippen molar-refractivity contribution in [3.63, 3.8) is 0 Å². The Labute approximate surface area is 90.0 Å². The molecular weight excluding hydrogens is 194 g/mol. The Morgan fingerprint density at radius 3 is 2.87 bits per heavy atom. The summed E-state index contributed by atoms with van der Waals surface area (Å²) in [6.45, 7) is 7.25. The molecule has 86 valence electrons. The summed E-state index contributed by atoms with van der Waals surface area (Å²) in [5, 5.41) is 14.8. The van der Waals surface area contributed by atoms with E-state index in [1.807, 2.05) is 0 Å². The van der Waals surface area contributed by atoms with E-state index < -0.39 is 0 Å². The van der Waals surface area contributed by atoms with Crippen molar-refractivity contribution < 1.29 is 4.74 Å². The van der Waals surface area contributed by atoms with Crippen molar-refractivity contribution in [2.45, 2.75) is 20.4 Å². The Bertz CT molecular complexity index is 273.